The van der Waals surface area contributed by atoms with E-state index in [4.69, 9.17) is 32.7 Å². The number of nitrogens with zero attached hydrogens (tertiary/aromatic N) is 2. The molecule has 1 aliphatic rings. The summed E-state index contributed by atoms with van der Waals surface area (Å²) in [4.78, 5) is 15.9. The number of hydrogen-bond acceptors (Lipinski definition) is 8. The van der Waals surface area contributed by atoms with Crippen molar-refractivity contribution < 1.29 is 36.2 Å². The van der Waals surface area contributed by atoms with E-state index >= 15 is 0 Å². The largest absolute Gasteiger partial charge is 0.490 e. The topological polar surface area (TPSA) is 143 Å². The molecule has 0 saturated carbocycles. The smallest absolute Gasteiger partial charge is 0.261 e. The maximum Gasteiger partial charge on any atom is 0.261 e. The third-order valence-corrected chi connectivity index (χ3v) is 12.1. The van der Waals surface area contributed by atoms with E-state index in [9.17, 15) is 26.7 Å². The molecule has 1 heterocycles. The molecule has 0 aromatic heterocycles. The van der Waals surface area contributed by atoms with Gasteiger partial charge in [0.05, 0.1) is 40.2 Å². The molecule has 3 aromatic carbocycles. The van der Waals surface area contributed by atoms with Gasteiger partial charge in [0.1, 0.15) is 5.75 Å². The normalized spacial score (nSPS) is 20.6. The molecule has 4 rings (SSSR count). The molecule has 0 spiro atoms. The number of benzene rings is 3. The maximum absolute atomic E-state index is 14.4. The van der Waals surface area contributed by atoms with Crippen LogP contribution in [0.2, 0.25) is 10.0 Å². The molecule has 1 amide bonds. The molecule has 0 fully saturated rings. The molecule has 3 aromatic rings. The summed E-state index contributed by atoms with van der Waals surface area (Å²) < 4.78 is 69.5. The lowest BCUT2D eigenvalue weighted by Crippen LogP contribution is -2.48. The van der Waals surface area contributed by atoms with Crippen molar-refractivity contribution in [1.82, 2.24) is 9.21 Å². The predicted molar refractivity (Wildman–Crippen MR) is 190 cm³/mol. The van der Waals surface area contributed by atoms with Crippen molar-refractivity contribution in [3.05, 3.63) is 82.3 Å². The second-order valence-electron chi connectivity index (χ2n) is 12.3. The van der Waals surface area contributed by atoms with Crippen LogP contribution in [0.15, 0.2) is 76.5 Å². The van der Waals surface area contributed by atoms with Crippen LogP contribution in [-0.4, -0.2) is 88.7 Å². The quantitative estimate of drug-likeness (QED) is 0.275. The lowest BCUT2D eigenvalue weighted by Gasteiger charge is -2.35. The number of rotatable bonds is 9. The first-order valence-corrected chi connectivity index (χ1v) is 19.6. The number of aliphatic hydroxyl groups is 1. The lowest BCUT2D eigenvalue weighted by molar-refractivity contribution is -0.00833. The van der Waals surface area contributed by atoms with Crippen molar-refractivity contribution in [3.63, 3.8) is 0 Å². The predicted octanol–water partition coefficient (Wildman–Crippen LogP) is 5.91. The number of ether oxygens (including phenoxy) is 2. The average Bonchev–Trinajstić information content (AvgIpc) is 3.06. The molecule has 0 unspecified atom stereocenters. The number of aliphatic hydroxyl groups excluding tert-OH is 1. The first kappa shape index (κ1) is 38.9. The molecule has 0 bridgehead atoms. The average molecular weight is 757 g/mol. The highest BCUT2D eigenvalue weighted by Gasteiger charge is 2.32. The van der Waals surface area contributed by atoms with Crippen LogP contribution in [-0.2, 0) is 24.8 Å². The van der Waals surface area contributed by atoms with Crippen molar-refractivity contribution >= 4 is 54.8 Å². The fourth-order valence-corrected chi connectivity index (χ4v) is 7.90. The number of halogens is 2. The monoisotopic (exact) mass is 755 g/mol. The van der Waals surface area contributed by atoms with Crippen LogP contribution in [0.4, 0.5) is 5.69 Å². The Hall–Kier alpha value is -2.91. The van der Waals surface area contributed by atoms with Crippen LogP contribution < -0.4 is 9.46 Å². The number of amides is 1. The van der Waals surface area contributed by atoms with Gasteiger partial charge in [-0.3, -0.25) is 9.52 Å². The third kappa shape index (κ3) is 10.1. The Bertz CT molecular complexity index is 1790. The second-order valence-corrected chi connectivity index (χ2v) is 16.9. The Morgan fingerprint density at radius 2 is 1.57 bits per heavy atom. The Morgan fingerprint density at radius 1 is 0.959 bits per heavy atom. The van der Waals surface area contributed by atoms with E-state index in [-0.39, 0.29) is 52.6 Å². The molecular weight excluding hydrogens is 713 g/mol. The highest BCUT2D eigenvalue weighted by Crippen LogP contribution is 2.30. The molecule has 11 nitrogen and oxygen atoms in total. The van der Waals surface area contributed by atoms with Crippen molar-refractivity contribution in [2.24, 2.45) is 5.92 Å². The fraction of sp³-hybridized carbons (Fsp3) is 0.441. The van der Waals surface area contributed by atoms with E-state index in [0.29, 0.717) is 29.5 Å². The Morgan fingerprint density at radius 3 is 2.18 bits per heavy atom. The molecule has 15 heteroatoms. The standard InChI is InChI=1S/C34H43Cl2N3O8S2/c1-23-20-39(24(2)22-40)34(41)31-19-28(37-48(42,43)29-13-8-26(35)9-14-29)12-17-32(31)47-25(3)7-5-6-18-46-33(23)21-38(4)49(44,45)30-15-10-27(36)11-16-30/h8-17,19,23-25,33,37,40H,5-7,18,20-22H2,1-4H3/t23-,24+,25+,33+/m0/s1. The van der Waals surface area contributed by atoms with Crippen molar-refractivity contribution in [2.45, 2.75) is 68.1 Å². The van der Waals surface area contributed by atoms with Gasteiger partial charge in [0.25, 0.3) is 15.9 Å². The molecule has 268 valence electrons. The van der Waals surface area contributed by atoms with Crippen LogP contribution in [0.25, 0.3) is 0 Å². The van der Waals surface area contributed by atoms with Gasteiger partial charge in [-0.05, 0) is 99.8 Å². The number of sulfonamides is 2. The van der Waals surface area contributed by atoms with E-state index in [0.717, 1.165) is 6.42 Å². The Labute approximate surface area is 299 Å². The van der Waals surface area contributed by atoms with Crippen LogP contribution in [0.1, 0.15) is 50.4 Å². The van der Waals surface area contributed by atoms with Crippen LogP contribution >= 0.6 is 23.2 Å². The van der Waals surface area contributed by atoms with Crippen molar-refractivity contribution in [2.75, 3.05) is 38.1 Å². The van der Waals surface area contributed by atoms with Crippen LogP contribution in [0.5, 0.6) is 5.75 Å². The molecule has 0 radical (unpaired) electrons. The highest BCUT2D eigenvalue weighted by atomic mass is 35.5. The molecule has 4 atom stereocenters. The maximum atomic E-state index is 14.4. The lowest BCUT2D eigenvalue weighted by atomic mass is 10.0. The second kappa shape index (κ2) is 16.9. The van der Waals surface area contributed by atoms with Crippen molar-refractivity contribution in [1.29, 1.82) is 0 Å². The van der Waals surface area contributed by atoms with E-state index in [1.54, 1.807) is 13.0 Å². The summed E-state index contributed by atoms with van der Waals surface area (Å²) in [5.74, 6) is -0.617. The van der Waals surface area contributed by atoms with Crippen LogP contribution in [0, 0.1) is 5.92 Å². The molecular formula is C34H43Cl2N3O8S2. The van der Waals surface area contributed by atoms with Gasteiger partial charge in [-0.2, -0.15) is 4.31 Å². The summed E-state index contributed by atoms with van der Waals surface area (Å²) in [6.45, 7) is 5.55. The van der Waals surface area contributed by atoms with Crippen LogP contribution in [0.3, 0.4) is 0 Å². The van der Waals surface area contributed by atoms with Gasteiger partial charge in [0.2, 0.25) is 10.0 Å². The minimum Gasteiger partial charge on any atom is -0.490 e. The molecule has 2 N–H and O–H groups in total. The minimum absolute atomic E-state index is 0.00776. The summed E-state index contributed by atoms with van der Waals surface area (Å²) in [6, 6.07) is 15.5. The zero-order valence-electron chi connectivity index (χ0n) is 27.9. The zero-order chi connectivity index (χ0) is 35.9. The first-order chi connectivity index (χ1) is 23.1. The number of hydrogen-bond donors (Lipinski definition) is 2. The number of carbonyl (C=O) groups excluding carboxylic acids is 1. The summed E-state index contributed by atoms with van der Waals surface area (Å²) in [5, 5.41) is 11.0. The zero-order valence-corrected chi connectivity index (χ0v) is 31.0. The molecule has 1 aliphatic heterocycles. The number of carbonyl (C=O) groups is 1. The Kier molecular flexibility index (Phi) is 13.4. The summed E-state index contributed by atoms with van der Waals surface area (Å²) in [5.41, 5.74) is 0.243. The van der Waals surface area contributed by atoms with E-state index in [2.05, 4.69) is 4.72 Å². The highest BCUT2D eigenvalue weighted by molar-refractivity contribution is 7.92. The van der Waals surface area contributed by atoms with Gasteiger partial charge in [0, 0.05) is 48.4 Å². The Balaban J connectivity index is 1.67. The molecule has 49 heavy (non-hydrogen) atoms. The van der Waals surface area contributed by atoms with Gasteiger partial charge >= 0.3 is 0 Å². The van der Waals surface area contributed by atoms with Gasteiger partial charge in [-0.1, -0.05) is 30.1 Å². The van der Waals surface area contributed by atoms with Crippen molar-refractivity contribution in [3.8, 4) is 5.75 Å². The van der Waals surface area contributed by atoms with E-state index in [1.165, 1.54) is 76.9 Å². The SMILES string of the molecule is C[C@@H]1CCCCO[C@H](CN(C)S(=O)(=O)c2ccc(Cl)cc2)[C@@H](C)CN([C@H](C)CO)C(=O)c2cc(NS(=O)(=O)c3ccc(Cl)cc3)ccc2O1. The summed E-state index contributed by atoms with van der Waals surface area (Å²) in [6.07, 6.45) is 1.18. The van der Waals surface area contributed by atoms with E-state index in [1.807, 2.05) is 13.8 Å². The third-order valence-electron chi connectivity index (χ3n) is 8.39. The molecule has 0 saturated heterocycles. The summed E-state index contributed by atoms with van der Waals surface area (Å²) >= 11 is 11.9. The van der Waals surface area contributed by atoms with Gasteiger partial charge < -0.3 is 19.5 Å². The number of anilines is 1. The van der Waals surface area contributed by atoms with Gasteiger partial charge in [-0.15, -0.1) is 0 Å². The number of likely N-dealkylation sites (N-methyl/N-ethyl adjacent to an activating group) is 1. The number of fused-ring (bicyclic) bond motifs is 1. The van der Waals surface area contributed by atoms with Gasteiger partial charge in [-0.25, -0.2) is 16.8 Å². The fourth-order valence-electron chi connectivity index (χ4n) is 5.41. The molecule has 0 aliphatic carbocycles. The number of nitrogens with one attached hydrogen (secondary N) is 1. The van der Waals surface area contributed by atoms with E-state index < -0.39 is 44.0 Å². The first-order valence-electron chi connectivity index (χ1n) is 16.0. The minimum atomic E-state index is -4.02. The van der Waals surface area contributed by atoms with Gasteiger partial charge in [0.15, 0.2) is 0 Å². The summed E-state index contributed by atoms with van der Waals surface area (Å²) in [7, 11) is -6.42.